The van der Waals surface area contributed by atoms with Gasteiger partial charge in [0.25, 0.3) is 5.91 Å². The van der Waals surface area contributed by atoms with Crippen LogP contribution in [0.15, 0.2) is 78.9 Å². The van der Waals surface area contributed by atoms with Gasteiger partial charge in [-0.2, -0.15) is 0 Å². The lowest BCUT2D eigenvalue weighted by Crippen LogP contribution is -2.31. The molecular formula is C27H23ClN2O3. The van der Waals surface area contributed by atoms with Gasteiger partial charge in [0.15, 0.2) is 0 Å². The molecule has 1 aliphatic carbocycles. The van der Waals surface area contributed by atoms with Crippen LogP contribution in [-0.4, -0.2) is 17.7 Å². The first-order valence-corrected chi connectivity index (χ1v) is 11.5. The van der Waals surface area contributed by atoms with Gasteiger partial charge in [-0.3, -0.25) is 19.3 Å². The van der Waals surface area contributed by atoms with Crippen LogP contribution in [0, 0.1) is 11.8 Å². The Hall–Kier alpha value is -3.44. The predicted molar refractivity (Wildman–Crippen MR) is 128 cm³/mol. The van der Waals surface area contributed by atoms with Crippen molar-refractivity contribution < 1.29 is 14.4 Å². The third-order valence-corrected chi connectivity index (χ3v) is 6.92. The SMILES string of the molecule is O=C(Nc1ccc(Cl)cc1)c1cccc(N2C(=O)[C@H]3CC[C@H](c4ccccc4)C[C@@H]3C2=O)c1. The second kappa shape index (κ2) is 8.83. The molecule has 1 N–H and O–H groups in total. The molecule has 0 bridgehead atoms. The molecule has 0 radical (unpaired) electrons. The van der Waals surface area contributed by atoms with Gasteiger partial charge in [0.2, 0.25) is 11.8 Å². The van der Waals surface area contributed by atoms with Crippen LogP contribution in [0.2, 0.25) is 5.02 Å². The van der Waals surface area contributed by atoms with Crippen LogP contribution in [-0.2, 0) is 9.59 Å². The lowest BCUT2D eigenvalue weighted by molar-refractivity contribution is -0.122. The molecule has 0 unspecified atom stereocenters. The Morgan fingerprint density at radius 2 is 1.58 bits per heavy atom. The number of imide groups is 1. The summed E-state index contributed by atoms with van der Waals surface area (Å²) in [6.45, 7) is 0. The molecule has 5 rings (SSSR count). The zero-order chi connectivity index (χ0) is 22.9. The fraction of sp³-hybridized carbons (Fsp3) is 0.222. The van der Waals surface area contributed by atoms with Crippen molar-refractivity contribution in [3.63, 3.8) is 0 Å². The van der Waals surface area contributed by atoms with Crippen LogP contribution in [0.5, 0.6) is 0 Å². The number of anilines is 2. The number of carbonyl (C=O) groups excluding carboxylic acids is 3. The van der Waals surface area contributed by atoms with Gasteiger partial charge in [-0.25, -0.2) is 0 Å². The Kier molecular flexibility index (Phi) is 5.73. The van der Waals surface area contributed by atoms with E-state index < -0.39 is 0 Å². The van der Waals surface area contributed by atoms with E-state index >= 15 is 0 Å². The van der Waals surface area contributed by atoms with Crippen molar-refractivity contribution in [3.05, 3.63) is 95.0 Å². The number of nitrogens with zero attached hydrogens (tertiary/aromatic N) is 1. The summed E-state index contributed by atoms with van der Waals surface area (Å²) in [5.74, 6) is -0.972. The van der Waals surface area contributed by atoms with E-state index in [9.17, 15) is 14.4 Å². The van der Waals surface area contributed by atoms with Gasteiger partial charge in [-0.1, -0.05) is 48.0 Å². The third-order valence-electron chi connectivity index (χ3n) is 6.67. The Labute approximate surface area is 197 Å². The summed E-state index contributed by atoms with van der Waals surface area (Å²) >= 11 is 5.90. The van der Waals surface area contributed by atoms with Gasteiger partial charge in [-0.15, -0.1) is 0 Å². The van der Waals surface area contributed by atoms with E-state index in [-0.39, 0.29) is 35.5 Å². The quantitative estimate of drug-likeness (QED) is 0.512. The second-order valence-corrected chi connectivity index (χ2v) is 9.09. The summed E-state index contributed by atoms with van der Waals surface area (Å²) in [5, 5.41) is 3.39. The highest BCUT2D eigenvalue weighted by Crippen LogP contribution is 2.45. The maximum absolute atomic E-state index is 13.3. The Balaban J connectivity index is 1.35. The van der Waals surface area contributed by atoms with Gasteiger partial charge in [0, 0.05) is 16.3 Å². The molecule has 1 aliphatic heterocycles. The number of hydrogen-bond acceptors (Lipinski definition) is 3. The zero-order valence-corrected chi connectivity index (χ0v) is 18.7. The average molecular weight is 459 g/mol. The highest BCUT2D eigenvalue weighted by Gasteiger charge is 2.50. The summed E-state index contributed by atoms with van der Waals surface area (Å²) < 4.78 is 0. The number of rotatable bonds is 4. The number of halogens is 1. The van der Waals surface area contributed by atoms with Crippen molar-refractivity contribution in [2.45, 2.75) is 25.2 Å². The van der Waals surface area contributed by atoms with Crippen molar-refractivity contribution in [1.29, 1.82) is 0 Å². The first-order valence-electron chi connectivity index (χ1n) is 11.1. The van der Waals surface area contributed by atoms with Crippen LogP contribution >= 0.6 is 11.6 Å². The molecule has 3 amide bonds. The highest BCUT2D eigenvalue weighted by atomic mass is 35.5. The van der Waals surface area contributed by atoms with E-state index in [0.717, 1.165) is 6.42 Å². The zero-order valence-electron chi connectivity index (χ0n) is 17.9. The molecular weight excluding hydrogens is 436 g/mol. The molecule has 1 saturated carbocycles. The molecule has 166 valence electrons. The van der Waals surface area contributed by atoms with E-state index in [1.54, 1.807) is 48.5 Å². The van der Waals surface area contributed by atoms with E-state index in [1.165, 1.54) is 10.5 Å². The lowest BCUT2D eigenvalue weighted by Gasteiger charge is -2.28. The summed E-state index contributed by atoms with van der Waals surface area (Å²) in [4.78, 5) is 40.5. The number of amides is 3. The van der Waals surface area contributed by atoms with Crippen LogP contribution in [0.1, 0.15) is 41.1 Å². The maximum Gasteiger partial charge on any atom is 0.255 e. The number of hydrogen-bond donors (Lipinski definition) is 1. The van der Waals surface area contributed by atoms with E-state index in [1.807, 2.05) is 18.2 Å². The number of benzene rings is 3. The topological polar surface area (TPSA) is 66.5 Å². The molecule has 1 heterocycles. The third kappa shape index (κ3) is 4.16. The van der Waals surface area contributed by atoms with Crippen LogP contribution in [0.3, 0.4) is 0 Å². The lowest BCUT2D eigenvalue weighted by atomic mass is 9.73. The molecule has 1 saturated heterocycles. The molecule has 0 spiro atoms. The Bertz CT molecular complexity index is 1210. The van der Waals surface area contributed by atoms with E-state index in [2.05, 4.69) is 17.4 Å². The van der Waals surface area contributed by atoms with E-state index in [4.69, 9.17) is 11.6 Å². The summed E-state index contributed by atoms with van der Waals surface area (Å²) in [7, 11) is 0. The summed E-state index contributed by atoms with van der Waals surface area (Å²) in [5.41, 5.74) is 2.65. The van der Waals surface area contributed by atoms with Gasteiger partial charge >= 0.3 is 0 Å². The Morgan fingerprint density at radius 1 is 0.848 bits per heavy atom. The highest BCUT2D eigenvalue weighted by molar-refractivity contribution is 6.30. The summed E-state index contributed by atoms with van der Waals surface area (Å²) in [6.07, 6.45) is 2.26. The van der Waals surface area contributed by atoms with Crippen molar-refractivity contribution in [2.24, 2.45) is 11.8 Å². The van der Waals surface area contributed by atoms with Gasteiger partial charge in [0.1, 0.15) is 0 Å². The van der Waals surface area contributed by atoms with Gasteiger partial charge in [0.05, 0.1) is 17.5 Å². The van der Waals surface area contributed by atoms with Crippen molar-refractivity contribution >= 4 is 40.7 Å². The van der Waals surface area contributed by atoms with Crippen molar-refractivity contribution in [2.75, 3.05) is 10.2 Å². The van der Waals surface area contributed by atoms with Gasteiger partial charge in [-0.05, 0) is 73.2 Å². The number of nitrogens with one attached hydrogen (secondary N) is 1. The average Bonchev–Trinajstić information content (AvgIpc) is 3.10. The van der Waals surface area contributed by atoms with Gasteiger partial charge < -0.3 is 5.32 Å². The number of carbonyl (C=O) groups is 3. The van der Waals surface area contributed by atoms with Crippen molar-refractivity contribution in [3.8, 4) is 0 Å². The smallest absolute Gasteiger partial charge is 0.255 e. The fourth-order valence-electron chi connectivity index (χ4n) is 4.98. The second-order valence-electron chi connectivity index (χ2n) is 8.66. The normalized spacial score (nSPS) is 22.2. The molecule has 0 aromatic heterocycles. The minimum Gasteiger partial charge on any atom is -0.322 e. The van der Waals surface area contributed by atoms with E-state index in [0.29, 0.717) is 34.8 Å². The van der Waals surface area contributed by atoms with Crippen LogP contribution < -0.4 is 10.2 Å². The first-order chi connectivity index (χ1) is 16.0. The minimum absolute atomic E-state index is 0.160. The summed E-state index contributed by atoms with van der Waals surface area (Å²) in [6, 6.07) is 23.7. The Morgan fingerprint density at radius 3 is 2.33 bits per heavy atom. The predicted octanol–water partition coefficient (Wildman–Crippen LogP) is 5.67. The number of fused-ring (bicyclic) bond motifs is 1. The molecule has 6 heteroatoms. The standard InChI is InChI=1S/C27H23ClN2O3/c28-20-10-12-21(13-11-20)29-25(31)19-7-4-8-22(15-19)30-26(32)23-14-9-18(16-24(23)27(30)33)17-5-2-1-3-6-17/h1-8,10-13,15,18,23-24H,9,14,16H2,(H,29,31)/t18-,23-,24-/m0/s1. The molecule has 3 atom stereocenters. The molecule has 33 heavy (non-hydrogen) atoms. The first kappa shape index (κ1) is 21.4. The van der Waals surface area contributed by atoms with Crippen LogP contribution in [0.4, 0.5) is 11.4 Å². The monoisotopic (exact) mass is 458 g/mol. The molecule has 2 fully saturated rings. The molecule has 3 aromatic rings. The molecule has 2 aliphatic rings. The minimum atomic E-state index is -0.320. The van der Waals surface area contributed by atoms with Crippen LogP contribution in [0.25, 0.3) is 0 Å². The maximum atomic E-state index is 13.3. The largest absolute Gasteiger partial charge is 0.322 e. The fourth-order valence-corrected chi connectivity index (χ4v) is 5.11. The van der Waals surface area contributed by atoms with Crippen molar-refractivity contribution in [1.82, 2.24) is 0 Å². The molecule has 3 aromatic carbocycles. The molecule has 5 nitrogen and oxygen atoms in total.